The number of para-hydroxylation sites is 1. The van der Waals surface area contributed by atoms with Crippen molar-refractivity contribution in [2.75, 3.05) is 16.0 Å². The molecule has 0 atom stereocenters. The molecule has 0 heterocycles. The Labute approximate surface area is 181 Å². The lowest BCUT2D eigenvalue weighted by molar-refractivity contribution is -0.114. The van der Waals surface area contributed by atoms with E-state index in [1.165, 1.54) is 13.0 Å². The van der Waals surface area contributed by atoms with E-state index in [4.69, 9.17) is 0 Å². The van der Waals surface area contributed by atoms with E-state index < -0.39 is 0 Å². The predicted octanol–water partition coefficient (Wildman–Crippen LogP) is 4.86. The van der Waals surface area contributed by atoms with Crippen LogP contribution in [0, 0.1) is 6.92 Å². The third-order valence-corrected chi connectivity index (χ3v) is 4.36. The molecule has 0 aromatic heterocycles. The minimum absolute atomic E-state index is 0.146. The molecule has 3 aromatic rings. The Hall–Kier alpha value is -4.19. The molecule has 0 fully saturated rings. The minimum Gasteiger partial charge on any atom is -0.326 e. The summed E-state index contributed by atoms with van der Waals surface area (Å²) >= 11 is 0. The quantitative estimate of drug-likeness (QED) is 0.505. The predicted molar refractivity (Wildman–Crippen MR) is 124 cm³/mol. The maximum absolute atomic E-state index is 12.7. The number of rotatable bonds is 6. The molecular formula is C25H23N3O3. The first-order valence-corrected chi connectivity index (χ1v) is 9.74. The van der Waals surface area contributed by atoms with Crippen LogP contribution in [0.2, 0.25) is 0 Å². The van der Waals surface area contributed by atoms with Gasteiger partial charge in [-0.05, 0) is 60.5 Å². The fourth-order valence-corrected chi connectivity index (χ4v) is 2.94. The molecule has 3 N–H and O–H groups in total. The summed E-state index contributed by atoms with van der Waals surface area (Å²) in [6.45, 7) is 3.39. The largest absolute Gasteiger partial charge is 0.326 e. The second-order valence-corrected chi connectivity index (χ2v) is 6.99. The Bertz CT molecular complexity index is 1130. The fraction of sp³-hybridized carbons (Fsp3) is 0.0800. The lowest BCUT2D eigenvalue weighted by atomic mass is 10.1. The highest BCUT2D eigenvalue weighted by Crippen LogP contribution is 2.18. The standard InChI is InChI=1S/C25H23N3O3/c1-17-6-5-7-21(16-17)27-25(31)22-8-3-4-9-23(22)28-24(30)15-12-19-10-13-20(14-11-19)26-18(2)29/h3-16H,1-2H3,(H,26,29)(H,27,31)(H,28,30)/b15-12+. The van der Waals surface area contributed by atoms with Gasteiger partial charge in [0, 0.05) is 24.4 Å². The summed E-state index contributed by atoms with van der Waals surface area (Å²) in [7, 11) is 0. The van der Waals surface area contributed by atoms with Crippen molar-refractivity contribution in [3.63, 3.8) is 0 Å². The molecule has 0 aliphatic carbocycles. The highest BCUT2D eigenvalue weighted by Gasteiger charge is 2.12. The molecule has 0 radical (unpaired) electrons. The van der Waals surface area contributed by atoms with Gasteiger partial charge < -0.3 is 16.0 Å². The molecule has 0 aliphatic heterocycles. The summed E-state index contributed by atoms with van der Waals surface area (Å²) in [5, 5.41) is 8.29. The molecule has 0 saturated carbocycles. The van der Waals surface area contributed by atoms with E-state index in [9.17, 15) is 14.4 Å². The summed E-state index contributed by atoms with van der Waals surface area (Å²) in [6.07, 6.45) is 3.05. The van der Waals surface area contributed by atoms with Crippen LogP contribution in [-0.2, 0) is 9.59 Å². The average Bonchev–Trinajstić information content (AvgIpc) is 2.73. The average molecular weight is 413 g/mol. The highest BCUT2D eigenvalue weighted by molar-refractivity contribution is 6.11. The minimum atomic E-state index is -0.359. The summed E-state index contributed by atoms with van der Waals surface area (Å²) in [5.41, 5.74) is 3.99. The first kappa shape index (κ1) is 21.5. The zero-order valence-corrected chi connectivity index (χ0v) is 17.3. The third-order valence-electron chi connectivity index (χ3n) is 4.36. The number of anilines is 3. The van der Waals surface area contributed by atoms with E-state index >= 15 is 0 Å². The molecule has 3 amide bonds. The summed E-state index contributed by atoms with van der Waals surface area (Å²) in [4.78, 5) is 36.2. The summed E-state index contributed by atoms with van der Waals surface area (Å²) < 4.78 is 0. The Kier molecular flexibility index (Phi) is 6.96. The van der Waals surface area contributed by atoms with Gasteiger partial charge >= 0.3 is 0 Å². The van der Waals surface area contributed by atoms with E-state index in [0.29, 0.717) is 22.6 Å². The Balaban J connectivity index is 1.67. The Morgan fingerprint density at radius 2 is 1.52 bits per heavy atom. The van der Waals surface area contributed by atoms with Crippen molar-refractivity contribution in [3.8, 4) is 0 Å². The maximum Gasteiger partial charge on any atom is 0.257 e. The first-order chi connectivity index (χ1) is 14.9. The van der Waals surface area contributed by atoms with Crippen LogP contribution in [0.5, 0.6) is 0 Å². The van der Waals surface area contributed by atoms with Crippen LogP contribution in [-0.4, -0.2) is 17.7 Å². The van der Waals surface area contributed by atoms with Crippen LogP contribution < -0.4 is 16.0 Å². The summed E-state index contributed by atoms with van der Waals surface area (Å²) in [6, 6.07) is 21.4. The van der Waals surface area contributed by atoms with Gasteiger partial charge in [0.1, 0.15) is 0 Å². The molecule has 6 nitrogen and oxygen atoms in total. The van der Waals surface area contributed by atoms with Crippen LogP contribution in [0.25, 0.3) is 6.08 Å². The van der Waals surface area contributed by atoms with Crippen molar-refractivity contribution in [1.29, 1.82) is 0 Å². The van der Waals surface area contributed by atoms with Crippen LogP contribution in [0.4, 0.5) is 17.1 Å². The van der Waals surface area contributed by atoms with E-state index in [2.05, 4.69) is 16.0 Å². The van der Waals surface area contributed by atoms with Gasteiger partial charge in [0.15, 0.2) is 0 Å². The number of carbonyl (C=O) groups is 3. The van der Waals surface area contributed by atoms with E-state index in [0.717, 1.165) is 11.1 Å². The van der Waals surface area contributed by atoms with Gasteiger partial charge in [-0.2, -0.15) is 0 Å². The highest BCUT2D eigenvalue weighted by atomic mass is 16.2. The van der Waals surface area contributed by atoms with Crippen molar-refractivity contribution in [3.05, 3.63) is 95.6 Å². The van der Waals surface area contributed by atoms with Crippen molar-refractivity contribution in [1.82, 2.24) is 0 Å². The number of nitrogens with one attached hydrogen (secondary N) is 3. The van der Waals surface area contributed by atoms with E-state index in [1.807, 2.05) is 31.2 Å². The Morgan fingerprint density at radius 1 is 0.774 bits per heavy atom. The van der Waals surface area contributed by atoms with Gasteiger partial charge in [-0.1, -0.05) is 36.4 Å². The molecule has 3 rings (SSSR count). The number of benzene rings is 3. The topological polar surface area (TPSA) is 87.3 Å². The number of hydrogen-bond donors (Lipinski definition) is 3. The second kappa shape index (κ2) is 10.0. The second-order valence-electron chi connectivity index (χ2n) is 6.99. The molecule has 156 valence electrons. The molecule has 0 unspecified atom stereocenters. The zero-order valence-electron chi connectivity index (χ0n) is 17.3. The molecule has 0 bridgehead atoms. The number of hydrogen-bond acceptors (Lipinski definition) is 3. The molecular weight excluding hydrogens is 390 g/mol. The number of carbonyl (C=O) groups excluding carboxylic acids is 3. The van der Waals surface area contributed by atoms with Gasteiger partial charge in [0.2, 0.25) is 11.8 Å². The maximum atomic E-state index is 12.7. The van der Waals surface area contributed by atoms with Gasteiger partial charge in [-0.25, -0.2) is 0 Å². The normalized spacial score (nSPS) is 10.5. The van der Waals surface area contributed by atoms with Crippen molar-refractivity contribution in [2.45, 2.75) is 13.8 Å². The lowest BCUT2D eigenvalue weighted by Gasteiger charge is -2.11. The van der Waals surface area contributed by atoms with Gasteiger partial charge in [-0.15, -0.1) is 0 Å². The molecule has 0 spiro atoms. The molecule has 3 aromatic carbocycles. The monoisotopic (exact) mass is 413 g/mol. The van der Waals surface area contributed by atoms with Crippen molar-refractivity contribution < 1.29 is 14.4 Å². The summed E-state index contributed by atoms with van der Waals surface area (Å²) in [5.74, 6) is -0.812. The van der Waals surface area contributed by atoms with Crippen molar-refractivity contribution in [2.24, 2.45) is 0 Å². The molecule has 0 aliphatic rings. The third kappa shape index (κ3) is 6.40. The Morgan fingerprint density at radius 3 is 2.23 bits per heavy atom. The van der Waals surface area contributed by atoms with Crippen LogP contribution in [0.15, 0.2) is 78.9 Å². The molecule has 31 heavy (non-hydrogen) atoms. The van der Waals surface area contributed by atoms with Gasteiger partial charge in [0.25, 0.3) is 5.91 Å². The van der Waals surface area contributed by atoms with Crippen LogP contribution in [0.3, 0.4) is 0 Å². The van der Waals surface area contributed by atoms with E-state index in [-0.39, 0.29) is 17.7 Å². The number of amides is 3. The number of aryl methyl sites for hydroxylation is 1. The molecule has 6 heteroatoms. The lowest BCUT2D eigenvalue weighted by Crippen LogP contribution is -2.17. The van der Waals surface area contributed by atoms with Crippen LogP contribution >= 0.6 is 0 Å². The smallest absolute Gasteiger partial charge is 0.257 e. The molecule has 0 saturated heterocycles. The zero-order chi connectivity index (χ0) is 22.2. The fourth-order valence-electron chi connectivity index (χ4n) is 2.94. The SMILES string of the molecule is CC(=O)Nc1ccc(/C=C/C(=O)Nc2ccccc2C(=O)Nc2cccc(C)c2)cc1. The van der Waals surface area contributed by atoms with Gasteiger partial charge in [-0.3, -0.25) is 14.4 Å². The van der Waals surface area contributed by atoms with Gasteiger partial charge in [0.05, 0.1) is 11.3 Å². The van der Waals surface area contributed by atoms with E-state index in [1.54, 1.807) is 54.6 Å². The van der Waals surface area contributed by atoms with Crippen molar-refractivity contribution >= 4 is 40.9 Å². The first-order valence-electron chi connectivity index (χ1n) is 9.74. The van der Waals surface area contributed by atoms with Crippen LogP contribution in [0.1, 0.15) is 28.4 Å².